The van der Waals surface area contributed by atoms with E-state index in [9.17, 15) is 0 Å². The molecule has 3 heterocycles. The van der Waals surface area contributed by atoms with Gasteiger partial charge in [0.15, 0.2) is 5.65 Å². The van der Waals surface area contributed by atoms with Gasteiger partial charge in [-0.3, -0.25) is 0 Å². The van der Waals surface area contributed by atoms with Crippen molar-refractivity contribution in [1.29, 1.82) is 0 Å². The molecule has 1 fully saturated rings. The van der Waals surface area contributed by atoms with Crippen molar-refractivity contribution in [3.05, 3.63) is 41.8 Å². The van der Waals surface area contributed by atoms with Gasteiger partial charge in [0.25, 0.3) is 0 Å². The van der Waals surface area contributed by atoms with E-state index >= 15 is 0 Å². The highest BCUT2D eigenvalue weighted by molar-refractivity contribution is 7.99. The van der Waals surface area contributed by atoms with Gasteiger partial charge in [0.2, 0.25) is 0 Å². The molecule has 1 saturated heterocycles. The molecule has 0 atom stereocenters. The summed E-state index contributed by atoms with van der Waals surface area (Å²) in [5.74, 6) is 1.04. The van der Waals surface area contributed by atoms with E-state index in [1.807, 2.05) is 35.1 Å². The van der Waals surface area contributed by atoms with E-state index in [1.165, 1.54) is 25.9 Å². The van der Waals surface area contributed by atoms with Crippen molar-refractivity contribution in [2.75, 3.05) is 25.4 Å². The second-order valence-corrected chi connectivity index (χ2v) is 7.37. The van der Waals surface area contributed by atoms with Gasteiger partial charge in [0.05, 0.1) is 17.3 Å². The van der Waals surface area contributed by atoms with Crippen LogP contribution in [0.1, 0.15) is 12.8 Å². The first-order valence-electron chi connectivity index (χ1n) is 8.11. The Balaban J connectivity index is 1.57. The zero-order valence-electron chi connectivity index (χ0n) is 13.2. The number of likely N-dealkylation sites (tertiary alicyclic amines) is 1. The fourth-order valence-corrected chi connectivity index (χ4v) is 4.16. The van der Waals surface area contributed by atoms with E-state index in [-0.39, 0.29) is 0 Å². The zero-order chi connectivity index (χ0) is 16.4. The highest BCUT2D eigenvalue weighted by Gasteiger charge is 2.14. The quantitative estimate of drug-likeness (QED) is 0.514. The summed E-state index contributed by atoms with van der Waals surface area (Å²) in [6.07, 6.45) is 6.11. The minimum atomic E-state index is 0.686. The van der Waals surface area contributed by atoms with Gasteiger partial charge in [0.1, 0.15) is 11.4 Å². The van der Waals surface area contributed by atoms with Gasteiger partial charge in [0, 0.05) is 17.3 Å². The van der Waals surface area contributed by atoms with Gasteiger partial charge in [-0.2, -0.15) is 5.10 Å². The molecule has 0 N–H and O–H groups in total. The highest BCUT2D eigenvalue weighted by atomic mass is 35.5. The summed E-state index contributed by atoms with van der Waals surface area (Å²) < 4.78 is 1.81. The average Bonchev–Trinajstić information content (AvgIpc) is 3.24. The maximum absolute atomic E-state index is 6.09. The molecule has 0 unspecified atom stereocenters. The molecule has 0 spiro atoms. The summed E-state index contributed by atoms with van der Waals surface area (Å²) in [6.45, 7) is 3.57. The largest absolute Gasteiger partial charge is 0.303 e. The molecule has 3 aromatic rings. The third-order valence-corrected chi connectivity index (χ3v) is 5.45. The van der Waals surface area contributed by atoms with Crippen LogP contribution in [0.15, 0.2) is 41.8 Å². The highest BCUT2D eigenvalue weighted by Crippen LogP contribution is 2.26. The first-order valence-corrected chi connectivity index (χ1v) is 9.47. The molecular weight excluding hydrogens is 342 g/mol. The van der Waals surface area contributed by atoms with E-state index in [1.54, 1.807) is 18.1 Å². The Kier molecular flexibility index (Phi) is 4.69. The maximum atomic E-state index is 6.09. The van der Waals surface area contributed by atoms with Gasteiger partial charge in [-0.05, 0) is 44.1 Å². The van der Waals surface area contributed by atoms with Crippen molar-refractivity contribution in [1.82, 2.24) is 24.6 Å². The number of hydrogen-bond donors (Lipinski definition) is 0. The summed E-state index contributed by atoms with van der Waals surface area (Å²) in [5, 5.41) is 7.15. The summed E-state index contributed by atoms with van der Waals surface area (Å²) in [6, 6.07) is 7.63. The lowest BCUT2D eigenvalue weighted by Gasteiger charge is -2.13. The molecule has 1 aliphatic rings. The topological polar surface area (TPSA) is 46.8 Å². The predicted molar refractivity (Wildman–Crippen MR) is 98.1 cm³/mol. The predicted octanol–water partition coefficient (Wildman–Crippen LogP) is 3.66. The van der Waals surface area contributed by atoms with E-state index in [4.69, 9.17) is 11.6 Å². The van der Waals surface area contributed by atoms with Crippen LogP contribution in [0.2, 0.25) is 5.02 Å². The number of nitrogens with zero attached hydrogens (tertiary/aromatic N) is 5. The molecule has 2 aromatic heterocycles. The first-order chi connectivity index (χ1) is 11.8. The third kappa shape index (κ3) is 3.27. The van der Waals surface area contributed by atoms with Crippen LogP contribution in [0.5, 0.6) is 0 Å². The molecule has 0 saturated carbocycles. The smallest absolute Gasteiger partial charge is 0.167 e. The molecule has 124 valence electrons. The van der Waals surface area contributed by atoms with Crippen LogP contribution in [-0.2, 0) is 0 Å². The van der Waals surface area contributed by atoms with Gasteiger partial charge in [-0.25, -0.2) is 14.6 Å². The zero-order valence-corrected chi connectivity index (χ0v) is 14.8. The lowest BCUT2D eigenvalue weighted by Crippen LogP contribution is -2.21. The minimum Gasteiger partial charge on any atom is -0.303 e. The van der Waals surface area contributed by atoms with Crippen molar-refractivity contribution >= 4 is 34.4 Å². The SMILES string of the molecule is Clc1cccc(-n2ncc3c(SCCN4CCCC4)ncnc32)c1. The Morgan fingerprint density at radius 1 is 1.17 bits per heavy atom. The standard InChI is InChI=1S/C17H18ClN5S/c18-13-4-3-5-14(10-13)23-16-15(11-21-23)17(20-12-19-16)24-9-8-22-6-1-2-7-22/h3-5,10-12H,1-2,6-9H2. The normalized spacial score (nSPS) is 15.4. The molecule has 7 heteroatoms. The number of hydrogen-bond acceptors (Lipinski definition) is 5. The van der Waals surface area contributed by atoms with Crippen LogP contribution >= 0.6 is 23.4 Å². The summed E-state index contributed by atoms with van der Waals surface area (Å²) in [5.41, 5.74) is 1.72. The van der Waals surface area contributed by atoms with E-state index in [0.717, 1.165) is 34.0 Å². The Morgan fingerprint density at radius 3 is 2.88 bits per heavy atom. The second kappa shape index (κ2) is 7.09. The van der Waals surface area contributed by atoms with Crippen LogP contribution in [-0.4, -0.2) is 50.0 Å². The van der Waals surface area contributed by atoms with Crippen molar-refractivity contribution < 1.29 is 0 Å². The molecule has 24 heavy (non-hydrogen) atoms. The summed E-state index contributed by atoms with van der Waals surface area (Å²) >= 11 is 7.87. The molecule has 0 amide bonds. The fourth-order valence-electron chi connectivity index (χ4n) is 3.01. The van der Waals surface area contributed by atoms with Gasteiger partial charge in [-0.15, -0.1) is 11.8 Å². The van der Waals surface area contributed by atoms with Crippen LogP contribution in [0.25, 0.3) is 16.7 Å². The van der Waals surface area contributed by atoms with Gasteiger partial charge < -0.3 is 4.90 Å². The van der Waals surface area contributed by atoms with E-state index in [0.29, 0.717) is 5.02 Å². The summed E-state index contributed by atoms with van der Waals surface area (Å²) in [7, 11) is 0. The molecule has 1 aromatic carbocycles. The second-order valence-electron chi connectivity index (χ2n) is 5.85. The first kappa shape index (κ1) is 15.9. The molecule has 1 aliphatic heterocycles. The Morgan fingerprint density at radius 2 is 2.04 bits per heavy atom. The number of thioether (sulfide) groups is 1. The van der Waals surface area contributed by atoms with Crippen molar-refractivity contribution in [2.45, 2.75) is 17.9 Å². The molecule has 0 bridgehead atoms. The summed E-state index contributed by atoms with van der Waals surface area (Å²) in [4.78, 5) is 11.4. The molecular formula is C17H18ClN5S. The van der Waals surface area contributed by atoms with Crippen LogP contribution in [0, 0.1) is 0 Å². The van der Waals surface area contributed by atoms with E-state index in [2.05, 4.69) is 20.0 Å². The maximum Gasteiger partial charge on any atom is 0.167 e. The lowest BCUT2D eigenvalue weighted by molar-refractivity contribution is 0.362. The van der Waals surface area contributed by atoms with Crippen LogP contribution < -0.4 is 0 Å². The Hall–Kier alpha value is -1.63. The van der Waals surface area contributed by atoms with Gasteiger partial charge in [-0.1, -0.05) is 17.7 Å². The van der Waals surface area contributed by atoms with Gasteiger partial charge >= 0.3 is 0 Å². The van der Waals surface area contributed by atoms with Crippen molar-refractivity contribution in [3.63, 3.8) is 0 Å². The Bertz CT molecular complexity index is 844. The number of aromatic nitrogens is 4. The number of benzene rings is 1. The average molecular weight is 360 g/mol. The number of halogens is 1. The Labute approximate surface area is 150 Å². The van der Waals surface area contributed by atoms with Crippen LogP contribution in [0.3, 0.4) is 0 Å². The number of fused-ring (bicyclic) bond motifs is 1. The van der Waals surface area contributed by atoms with Crippen molar-refractivity contribution in [3.8, 4) is 5.69 Å². The molecule has 4 rings (SSSR count). The fraction of sp³-hybridized carbons (Fsp3) is 0.353. The van der Waals surface area contributed by atoms with Crippen molar-refractivity contribution in [2.24, 2.45) is 0 Å². The molecule has 5 nitrogen and oxygen atoms in total. The van der Waals surface area contributed by atoms with Crippen LogP contribution in [0.4, 0.5) is 0 Å². The minimum absolute atomic E-state index is 0.686. The molecule has 0 radical (unpaired) electrons. The monoisotopic (exact) mass is 359 g/mol. The third-order valence-electron chi connectivity index (χ3n) is 4.23. The molecule has 0 aliphatic carbocycles. The number of rotatable bonds is 5. The lowest BCUT2D eigenvalue weighted by atomic mass is 10.3. The van der Waals surface area contributed by atoms with E-state index < -0.39 is 0 Å².